The Morgan fingerprint density at radius 3 is 1.80 bits per heavy atom. The Labute approximate surface area is 174 Å². The van der Waals surface area contributed by atoms with E-state index in [1.54, 1.807) is 0 Å². The van der Waals surface area contributed by atoms with Crippen LogP contribution in [0.4, 0.5) is 0 Å². The predicted octanol–water partition coefficient (Wildman–Crippen LogP) is 7.91. The summed E-state index contributed by atoms with van der Waals surface area (Å²) in [6, 6.07) is 10.5. The number of thioether (sulfide) groups is 6. The standard InChI is InChI=1S/C18H17NS6/c1-3-20-15-16(21-4-2)25-18(24-15)17-22-13-10-19(11-14(13)23-17)12-8-6-5-7-9-12/h5-11H,3-4H2,1-2H3. The van der Waals surface area contributed by atoms with Crippen molar-refractivity contribution in [3.05, 3.63) is 59.7 Å². The van der Waals surface area contributed by atoms with Crippen LogP contribution < -0.4 is 0 Å². The van der Waals surface area contributed by atoms with E-state index in [0.717, 1.165) is 11.5 Å². The molecule has 1 aromatic carbocycles. The molecule has 1 aromatic heterocycles. The minimum absolute atomic E-state index is 1.14. The molecule has 130 valence electrons. The van der Waals surface area contributed by atoms with Crippen LogP contribution in [-0.2, 0) is 0 Å². The van der Waals surface area contributed by atoms with Gasteiger partial charge in [-0.05, 0) is 23.6 Å². The molecular weight excluding hydrogens is 423 g/mol. The first-order valence-corrected chi connectivity index (χ1v) is 13.2. The lowest BCUT2D eigenvalue weighted by atomic mass is 10.3. The third-order valence-corrected chi connectivity index (χ3v) is 11.8. The molecule has 2 aliphatic heterocycles. The first kappa shape index (κ1) is 18.4. The average Bonchev–Trinajstić information content (AvgIpc) is 3.30. The summed E-state index contributed by atoms with van der Waals surface area (Å²) in [6.45, 7) is 4.47. The number of benzene rings is 1. The molecule has 0 N–H and O–H groups in total. The van der Waals surface area contributed by atoms with E-state index in [-0.39, 0.29) is 0 Å². The van der Waals surface area contributed by atoms with Gasteiger partial charge in [0.15, 0.2) is 0 Å². The fraction of sp³-hybridized carbons (Fsp3) is 0.222. The smallest absolute Gasteiger partial charge is 0.0717 e. The normalized spacial score (nSPS) is 16.9. The van der Waals surface area contributed by atoms with Crippen LogP contribution in [-0.4, -0.2) is 16.1 Å². The van der Waals surface area contributed by atoms with Gasteiger partial charge in [0.1, 0.15) is 0 Å². The number of hydrogen-bond donors (Lipinski definition) is 0. The molecule has 4 rings (SSSR count). The van der Waals surface area contributed by atoms with Crippen LogP contribution in [0.1, 0.15) is 13.8 Å². The molecule has 2 aliphatic rings. The third-order valence-electron chi connectivity index (χ3n) is 3.47. The van der Waals surface area contributed by atoms with Gasteiger partial charge in [-0.2, -0.15) is 0 Å². The maximum atomic E-state index is 2.26. The van der Waals surface area contributed by atoms with Gasteiger partial charge in [-0.25, -0.2) is 0 Å². The fourth-order valence-corrected chi connectivity index (χ4v) is 10.9. The zero-order chi connectivity index (χ0) is 17.2. The van der Waals surface area contributed by atoms with Crippen molar-refractivity contribution in [2.75, 3.05) is 11.5 Å². The van der Waals surface area contributed by atoms with Gasteiger partial charge in [0.25, 0.3) is 0 Å². The highest BCUT2D eigenvalue weighted by molar-refractivity contribution is 8.42. The molecule has 3 heterocycles. The number of fused-ring (bicyclic) bond motifs is 1. The van der Waals surface area contributed by atoms with Crippen molar-refractivity contribution in [1.82, 2.24) is 4.57 Å². The first-order chi connectivity index (χ1) is 12.3. The Hall–Kier alpha value is 0.0800. The summed E-state index contributed by atoms with van der Waals surface area (Å²) in [5.41, 5.74) is 1.22. The topological polar surface area (TPSA) is 4.93 Å². The Bertz CT molecular complexity index is 791. The minimum Gasteiger partial charge on any atom is -0.322 e. The van der Waals surface area contributed by atoms with E-state index in [4.69, 9.17) is 0 Å². The van der Waals surface area contributed by atoms with E-state index >= 15 is 0 Å². The third kappa shape index (κ3) is 4.01. The van der Waals surface area contributed by atoms with Crippen LogP contribution in [0.15, 0.2) is 69.5 Å². The largest absolute Gasteiger partial charge is 0.322 e. The molecular formula is C18H17NS6. The molecule has 0 aliphatic carbocycles. The highest BCUT2D eigenvalue weighted by Gasteiger charge is 2.29. The lowest BCUT2D eigenvalue weighted by Crippen LogP contribution is -1.88. The second kappa shape index (κ2) is 8.40. The summed E-state index contributed by atoms with van der Waals surface area (Å²) in [5.74, 6) is 2.28. The van der Waals surface area contributed by atoms with Crippen molar-refractivity contribution < 1.29 is 0 Å². The van der Waals surface area contributed by atoms with Gasteiger partial charge in [0.05, 0.1) is 16.9 Å². The van der Waals surface area contributed by atoms with Crippen LogP contribution in [0.5, 0.6) is 0 Å². The molecule has 25 heavy (non-hydrogen) atoms. The SMILES string of the molecule is CCSC1=C(SCC)SC(=C2Sc3cn(-c4ccccc4)cc3S2)S1. The van der Waals surface area contributed by atoms with Crippen molar-refractivity contribution in [3.8, 4) is 5.69 Å². The van der Waals surface area contributed by atoms with Crippen LogP contribution in [0, 0.1) is 0 Å². The lowest BCUT2D eigenvalue weighted by Gasteiger charge is -2.04. The molecule has 2 aromatic rings. The van der Waals surface area contributed by atoms with E-state index in [0.29, 0.717) is 0 Å². The van der Waals surface area contributed by atoms with E-state index in [2.05, 4.69) is 61.1 Å². The molecule has 0 unspecified atom stereocenters. The zero-order valence-electron chi connectivity index (χ0n) is 13.9. The number of aromatic nitrogens is 1. The number of nitrogens with zero attached hydrogens (tertiary/aromatic N) is 1. The maximum Gasteiger partial charge on any atom is 0.0717 e. The second-order valence-corrected chi connectivity index (χ2v) is 12.9. The average molecular weight is 440 g/mol. The summed E-state index contributed by atoms with van der Waals surface area (Å²) in [4.78, 5) is 2.75. The van der Waals surface area contributed by atoms with Gasteiger partial charge in [-0.1, -0.05) is 79.1 Å². The van der Waals surface area contributed by atoms with Crippen molar-refractivity contribution in [2.24, 2.45) is 0 Å². The highest BCUT2D eigenvalue weighted by Crippen LogP contribution is 2.64. The van der Waals surface area contributed by atoms with Gasteiger partial charge < -0.3 is 4.57 Å². The van der Waals surface area contributed by atoms with Crippen molar-refractivity contribution in [2.45, 2.75) is 23.6 Å². The molecule has 0 saturated heterocycles. The Morgan fingerprint density at radius 2 is 1.28 bits per heavy atom. The summed E-state index contributed by atoms with van der Waals surface area (Å²) >= 11 is 11.7. The van der Waals surface area contributed by atoms with Crippen LogP contribution >= 0.6 is 70.6 Å². The van der Waals surface area contributed by atoms with Crippen molar-refractivity contribution in [3.63, 3.8) is 0 Å². The van der Waals surface area contributed by atoms with Gasteiger partial charge >= 0.3 is 0 Å². The quantitative estimate of drug-likeness (QED) is 0.463. The second-order valence-electron chi connectivity index (χ2n) is 5.15. The lowest BCUT2D eigenvalue weighted by molar-refractivity contribution is 1.06. The van der Waals surface area contributed by atoms with Crippen LogP contribution in [0.2, 0.25) is 0 Å². The number of rotatable bonds is 5. The number of para-hydroxylation sites is 1. The molecule has 0 saturated carbocycles. The molecule has 0 amide bonds. The molecule has 7 heteroatoms. The van der Waals surface area contributed by atoms with Gasteiger partial charge in [-0.3, -0.25) is 0 Å². The van der Waals surface area contributed by atoms with Crippen LogP contribution in [0.25, 0.3) is 5.69 Å². The van der Waals surface area contributed by atoms with Crippen molar-refractivity contribution in [1.29, 1.82) is 0 Å². The van der Waals surface area contributed by atoms with Crippen molar-refractivity contribution >= 4 is 70.6 Å². The molecule has 0 bridgehead atoms. The Kier molecular flexibility index (Phi) is 6.20. The minimum atomic E-state index is 1.14. The highest BCUT2D eigenvalue weighted by atomic mass is 32.3. The van der Waals surface area contributed by atoms with E-state index in [1.807, 2.05) is 70.6 Å². The monoisotopic (exact) mass is 439 g/mol. The summed E-state index contributed by atoms with van der Waals surface area (Å²) in [7, 11) is 0. The summed E-state index contributed by atoms with van der Waals surface area (Å²) in [5, 5.41) is 0. The molecule has 0 spiro atoms. The molecule has 0 radical (unpaired) electrons. The summed E-state index contributed by atoms with van der Waals surface area (Å²) < 4.78 is 8.13. The van der Waals surface area contributed by atoms with Gasteiger partial charge in [0.2, 0.25) is 0 Å². The maximum absolute atomic E-state index is 2.26. The fourth-order valence-electron chi connectivity index (χ4n) is 2.42. The zero-order valence-corrected chi connectivity index (χ0v) is 18.8. The van der Waals surface area contributed by atoms with E-state index in [1.165, 1.54) is 32.4 Å². The predicted molar refractivity (Wildman–Crippen MR) is 123 cm³/mol. The van der Waals surface area contributed by atoms with E-state index < -0.39 is 0 Å². The Morgan fingerprint density at radius 1 is 0.760 bits per heavy atom. The molecule has 0 atom stereocenters. The first-order valence-electron chi connectivity index (χ1n) is 8.01. The van der Waals surface area contributed by atoms with Gasteiger partial charge in [-0.15, -0.1) is 23.5 Å². The molecule has 1 nitrogen and oxygen atoms in total. The number of hydrogen-bond acceptors (Lipinski definition) is 6. The van der Waals surface area contributed by atoms with Gasteiger partial charge in [0, 0.05) is 27.9 Å². The van der Waals surface area contributed by atoms with Crippen LogP contribution in [0.3, 0.4) is 0 Å². The van der Waals surface area contributed by atoms with E-state index in [9.17, 15) is 0 Å². The summed E-state index contributed by atoms with van der Waals surface area (Å²) in [6.07, 6.45) is 4.52. The molecule has 0 fully saturated rings. The Balaban J connectivity index is 1.53.